The molecule has 41 heavy (non-hydrogen) atoms. The lowest BCUT2D eigenvalue weighted by atomic mass is 9.92. The third-order valence-corrected chi connectivity index (χ3v) is 7.75. The second-order valence-corrected chi connectivity index (χ2v) is 10.5. The molecule has 0 fully saturated rings. The van der Waals surface area contributed by atoms with E-state index in [9.17, 15) is 19.5 Å². The molecule has 0 saturated carbocycles. The number of hydrogen-bond acceptors (Lipinski definition) is 7. The summed E-state index contributed by atoms with van der Waals surface area (Å²) < 4.78 is 6.08. The number of nitrogens with zero attached hydrogens (tertiary/aromatic N) is 1. The van der Waals surface area contributed by atoms with E-state index in [4.69, 9.17) is 10.5 Å². The minimum Gasteiger partial charge on any atom is -0.493 e. The molecular weight excluding hydrogens is 540 g/mol. The van der Waals surface area contributed by atoms with Crippen molar-refractivity contribution in [2.45, 2.75) is 33.2 Å². The van der Waals surface area contributed by atoms with Crippen molar-refractivity contribution in [2.24, 2.45) is 5.73 Å². The lowest BCUT2D eigenvalue weighted by molar-refractivity contribution is 0.0691. The number of amides is 2. The molecule has 0 radical (unpaired) electrons. The van der Waals surface area contributed by atoms with Gasteiger partial charge >= 0.3 is 5.97 Å². The molecule has 2 amide bonds. The quantitative estimate of drug-likeness (QED) is 0.226. The van der Waals surface area contributed by atoms with E-state index in [0.29, 0.717) is 43.1 Å². The normalized spacial score (nSPS) is 12.0. The maximum atomic E-state index is 13.9. The summed E-state index contributed by atoms with van der Waals surface area (Å²) in [5, 5.41) is 19.9. The van der Waals surface area contributed by atoms with Crippen molar-refractivity contribution in [1.29, 1.82) is 0 Å². The van der Waals surface area contributed by atoms with Crippen LogP contribution in [0.5, 0.6) is 5.75 Å². The first kappa shape index (κ1) is 28.0. The molecule has 4 aromatic rings. The summed E-state index contributed by atoms with van der Waals surface area (Å²) in [7, 11) is 0. The van der Waals surface area contributed by atoms with Crippen LogP contribution in [0.4, 0.5) is 5.69 Å². The summed E-state index contributed by atoms with van der Waals surface area (Å²) in [4.78, 5) is 43.0. The van der Waals surface area contributed by atoms with Crippen LogP contribution in [0.1, 0.15) is 61.4 Å². The smallest absolute Gasteiger partial charge is 0.355 e. The number of hydrogen-bond donors (Lipinski definition) is 4. The number of pyridine rings is 1. The molecule has 1 aliphatic rings. The number of ether oxygens (including phenoxy) is 1. The van der Waals surface area contributed by atoms with Crippen LogP contribution < -0.4 is 21.1 Å². The van der Waals surface area contributed by atoms with Crippen LogP contribution in [0.25, 0.3) is 22.3 Å². The molecule has 1 aliphatic heterocycles. The van der Waals surface area contributed by atoms with E-state index in [0.717, 1.165) is 34.2 Å². The Morgan fingerprint density at radius 2 is 1.85 bits per heavy atom. The molecule has 0 saturated heterocycles. The maximum absolute atomic E-state index is 13.9. The lowest BCUT2D eigenvalue weighted by Gasteiger charge is -2.18. The molecule has 2 aromatic carbocycles. The first-order chi connectivity index (χ1) is 19.8. The van der Waals surface area contributed by atoms with E-state index in [1.807, 2.05) is 31.4 Å². The molecule has 0 bridgehead atoms. The van der Waals surface area contributed by atoms with Gasteiger partial charge in [-0.3, -0.25) is 9.59 Å². The van der Waals surface area contributed by atoms with Gasteiger partial charge in [0.2, 0.25) is 0 Å². The summed E-state index contributed by atoms with van der Waals surface area (Å²) in [6.45, 7) is 5.05. The zero-order valence-corrected chi connectivity index (χ0v) is 23.6. The number of thiophene rings is 1. The summed E-state index contributed by atoms with van der Waals surface area (Å²) >= 11 is 1.58. The molecule has 0 spiro atoms. The van der Waals surface area contributed by atoms with E-state index < -0.39 is 17.8 Å². The van der Waals surface area contributed by atoms with Gasteiger partial charge in [-0.05, 0) is 76.7 Å². The monoisotopic (exact) mass is 570 g/mol. The SMILES string of the molecule is CCCNC(=O)c1ccc(-c2cc3c(cc2C(=O)Nc2ccc(CN)cc2C)-c2cscc2CCO3)c(C(=O)O)n1. The Labute approximate surface area is 241 Å². The zero-order chi connectivity index (χ0) is 29.1. The largest absolute Gasteiger partial charge is 0.493 e. The molecule has 0 aliphatic carbocycles. The van der Waals surface area contributed by atoms with Gasteiger partial charge in [-0.1, -0.05) is 19.1 Å². The number of carboxylic acid groups (broad SMARTS) is 1. The van der Waals surface area contributed by atoms with Crippen LogP contribution in [0.3, 0.4) is 0 Å². The highest BCUT2D eigenvalue weighted by molar-refractivity contribution is 7.08. The van der Waals surface area contributed by atoms with Crippen molar-refractivity contribution < 1.29 is 24.2 Å². The van der Waals surface area contributed by atoms with E-state index >= 15 is 0 Å². The van der Waals surface area contributed by atoms with Gasteiger partial charge in [0.1, 0.15) is 11.4 Å². The first-order valence-corrected chi connectivity index (χ1v) is 14.2. The average Bonchev–Trinajstić information content (AvgIpc) is 3.37. The van der Waals surface area contributed by atoms with E-state index in [2.05, 4.69) is 21.0 Å². The standard InChI is InChI=1S/C31H30N4O5S/c1-3-9-33-30(37)26-7-5-20(28(34-26)31(38)39)21-13-27-22(24-16-41-15-19(24)8-10-40-27)12-23(21)29(36)35-25-6-4-18(14-32)11-17(25)2/h4-7,11-13,15-16H,3,8-10,14,32H2,1-2H3,(H,33,37)(H,35,36)(H,38,39). The third-order valence-electron chi connectivity index (χ3n) is 6.96. The molecule has 210 valence electrons. The predicted octanol–water partition coefficient (Wildman–Crippen LogP) is 5.27. The van der Waals surface area contributed by atoms with Gasteiger partial charge in [0.15, 0.2) is 5.69 Å². The highest BCUT2D eigenvalue weighted by Crippen LogP contribution is 2.42. The second-order valence-electron chi connectivity index (χ2n) is 9.76. The lowest BCUT2D eigenvalue weighted by Crippen LogP contribution is -2.25. The molecule has 0 unspecified atom stereocenters. The van der Waals surface area contributed by atoms with Crippen LogP contribution in [0.2, 0.25) is 0 Å². The van der Waals surface area contributed by atoms with Crippen LogP contribution in [-0.2, 0) is 13.0 Å². The molecule has 9 nitrogen and oxygen atoms in total. The van der Waals surface area contributed by atoms with Gasteiger partial charge in [-0.2, -0.15) is 11.3 Å². The van der Waals surface area contributed by atoms with Gasteiger partial charge in [0, 0.05) is 47.5 Å². The average molecular weight is 571 g/mol. The van der Waals surface area contributed by atoms with Crippen molar-refractivity contribution in [3.8, 4) is 28.0 Å². The van der Waals surface area contributed by atoms with Crippen molar-refractivity contribution in [2.75, 3.05) is 18.5 Å². The fourth-order valence-corrected chi connectivity index (χ4v) is 5.71. The molecular formula is C31H30N4O5S. The van der Waals surface area contributed by atoms with Crippen molar-refractivity contribution in [3.63, 3.8) is 0 Å². The van der Waals surface area contributed by atoms with Gasteiger partial charge in [-0.25, -0.2) is 9.78 Å². The highest BCUT2D eigenvalue weighted by Gasteiger charge is 2.26. The number of anilines is 1. The minimum atomic E-state index is -1.32. The van der Waals surface area contributed by atoms with Crippen molar-refractivity contribution in [3.05, 3.63) is 86.9 Å². The summed E-state index contributed by atoms with van der Waals surface area (Å²) in [6.07, 6.45) is 1.43. The number of aryl methyl sites for hydroxylation is 1. The number of nitrogens with two attached hydrogens (primary N) is 1. The Balaban J connectivity index is 1.66. The molecule has 5 rings (SSSR count). The fourth-order valence-electron chi connectivity index (χ4n) is 4.82. The Hall–Kier alpha value is -4.54. The third kappa shape index (κ3) is 5.70. The Morgan fingerprint density at radius 3 is 2.59 bits per heavy atom. The van der Waals surface area contributed by atoms with Gasteiger partial charge in [-0.15, -0.1) is 0 Å². The number of aromatic nitrogens is 1. The number of fused-ring (bicyclic) bond motifs is 3. The van der Waals surface area contributed by atoms with E-state index in [-0.39, 0.29) is 22.5 Å². The molecule has 5 N–H and O–H groups in total. The summed E-state index contributed by atoms with van der Waals surface area (Å²) in [5.41, 5.74) is 11.4. The summed E-state index contributed by atoms with van der Waals surface area (Å²) in [5.74, 6) is -1.67. The van der Waals surface area contributed by atoms with Crippen LogP contribution in [0, 0.1) is 6.92 Å². The number of carboxylic acids is 1. The number of carbonyl (C=O) groups excluding carboxylic acids is 2. The van der Waals surface area contributed by atoms with Gasteiger partial charge in [0.25, 0.3) is 11.8 Å². The van der Waals surface area contributed by atoms with Gasteiger partial charge < -0.3 is 26.2 Å². The van der Waals surface area contributed by atoms with E-state index in [1.165, 1.54) is 12.1 Å². The highest BCUT2D eigenvalue weighted by atomic mass is 32.1. The second kappa shape index (κ2) is 11.9. The fraction of sp³-hybridized carbons (Fsp3) is 0.226. The number of benzene rings is 2. The topological polar surface area (TPSA) is 144 Å². The van der Waals surface area contributed by atoms with Gasteiger partial charge in [0.05, 0.1) is 6.61 Å². The predicted molar refractivity (Wildman–Crippen MR) is 159 cm³/mol. The van der Waals surface area contributed by atoms with Crippen LogP contribution in [0.15, 0.2) is 53.2 Å². The minimum absolute atomic E-state index is 0.0184. The molecule has 10 heteroatoms. The Kier molecular flexibility index (Phi) is 8.14. The number of aromatic carboxylic acids is 1. The number of rotatable bonds is 8. The summed E-state index contributed by atoms with van der Waals surface area (Å²) in [6, 6.07) is 12.0. The van der Waals surface area contributed by atoms with Crippen molar-refractivity contribution in [1.82, 2.24) is 10.3 Å². The molecule has 0 atom stereocenters. The number of carbonyl (C=O) groups is 3. The number of nitrogens with one attached hydrogen (secondary N) is 2. The van der Waals surface area contributed by atoms with E-state index in [1.54, 1.807) is 29.5 Å². The van der Waals surface area contributed by atoms with Crippen LogP contribution in [-0.4, -0.2) is 41.0 Å². The Morgan fingerprint density at radius 1 is 1.02 bits per heavy atom. The molecule has 3 heterocycles. The Bertz CT molecular complexity index is 1660. The maximum Gasteiger partial charge on any atom is 0.355 e. The first-order valence-electron chi connectivity index (χ1n) is 13.3. The van der Waals surface area contributed by atoms with Crippen molar-refractivity contribution >= 4 is 34.8 Å². The van der Waals surface area contributed by atoms with Crippen LogP contribution >= 0.6 is 11.3 Å². The zero-order valence-electron chi connectivity index (χ0n) is 22.7. The molecule has 2 aromatic heterocycles.